The summed E-state index contributed by atoms with van der Waals surface area (Å²) >= 11 is 0. The summed E-state index contributed by atoms with van der Waals surface area (Å²) in [7, 11) is 0. The highest BCUT2D eigenvalue weighted by Crippen LogP contribution is 2.36. The van der Waals surface area contributed by atoms with Crippen molar-refractivity contribution in [3.05, 3.63) is 84.7 Å². The molecule has 3 heterocycles. The van der Waals surface area contributed by atoms with E-state index in [1.165, 1.54) is 18.5 Å². The maximum atomic E-state index is 4.46. The van der Waals surface area contributed by atoms with Gasteiger partial charge in [0.05, 0.1) is 11.9 Å². The number of hydrogen-bond donors (Lipinski definition) is 2. The van der Waals surface area contributed by atoms with E-state index < -0.39 is 0 Å². The molecule has 1 aliphatic rings. The van der Waals surface area contributed by atoms with Crippen LogP contribution in [0, 0.1) is 12.8 Å². The number of aromatic nitrogens is 3. The first kappa shape index (κ1) is 18.9. The Morgan fingerprint density at radius 3 is 2.66 bits per heavy atom. The number of rotatable bonds is 7. The van der Waals surface area contributed by atoms with E-state index in [1.807, 2.05) is 43.6 Å². The van der Waals surface area contributed by atoms with Crippen LogP contribution in [0.15, 0.2) is 73.5 Å². The van der Waals surface area contributed by atoms with E-state index in [0.29, 0.717) is 5.92 Å². The Balaban J connectivity index is 1.54. The molecular weight excluding hydrogens is 358 g/mol. The van der Waals surface area contributed by atoms with Crippen molar-refractivity contribution in [1.82, 2.24) is 15.0 Å². The van der Waals surface area contributed by atoms with Crippen LogP contribution in [-0.4, -0.2) is 15.0 Å². The third-order valence-corrected chi connectivity index (χ3v) is 5.04. The second-order valence-corrected chi connectivity index (χ2v) is 7.29. The fourth-order valence-corrected chi connectivity index (χ4v) is 3.25. The van der Waals surface area contributed by atoms with Gasteiger partial charge in [-0.15, -0.1) is 0 Å². The van der Waals surface area contributed by atoms with Gasteiger partial charge >= 0.3 is 0 Å². The summed E-state index contributed by atoms with van der Waals surface area (Å²) in [6.45, 7) is 8.28. The molecule has 0 unspecified atom stereocenters. The van der Waals surface area contributed by atoms with E-state index in [9.17, 15) is 0 Å². The second-order valence-electron chi connectivity index (χ2n) is 7.29. The van der Waals surface area contributed by atoms with Gasteiger partial charge in [0.2, 0.25) is 0 Å². The van der Waals surface area contributed by atoms with Gasteiger partial charge in [0.1, 0.15) is 5.82 Å². The number of aryl methyl sites for hydroxylation is 1. The number of nitrogens with one attached hydrogen (secondary N) is 2. The average molecular weight is 383 g/mol. The van der Waals surface area contributed by atoms with Crippen LogP contribution in [0.5, 0.6) is 0 Å². The average Bonchev–Trinajstić information content (AvgIpc) is 3.59. The molecule has 1 fully saturated rings. The molecule has 3 aromatic rings. The van der Waals surface area contributed by atoms with Crippen molar-refractivity contribution in [2.24, 2.45) is 5.92 Å². The predicted molar refractivity (Wildman–Crippen MR) is 119 cm³/mol. The smallest absolute Gasteiger partial charge is 0.130 e. The van der Waals surface area contributed by atoms with Gasteiger partial charge in [-0.1, -0.05) is 18.7 Å². The Hall–Kier alpha value is -3.47. The molecule has 4 rings (SSSR count). The quantitative estimate of drug-likeness (QED) is 0.551. The van der Waals surface area contributed by atoms with Gasteiger partial charge in [-0.05, 0) is 56.9 Å². The molecule has 0 bridgehead atoms. The molecule has 0 radical (unpaired) electrons. The standard InChI is InChI=1S/C24H25N5/c1-4-22(18-7-8-18)29-24-13-19(9-12-26-24)17(3)28-23-15-25-11-10-21(23)20-6-5-16(2)27-14-20/h4-6,9-15,18,28H,3,7-8H2,1-2H3,(H,26,29)/b22-4-. The monoisotopic (exact) mass is 383 g/mol. The minimum Gasteiger partial charge on any atom is -0.354 e. The van der Waals surface area contributed by atoms with Crippen molar-refractivity contribution in [3.63, 3.8) is 0 Å². The predicted octanol–water partition coefficient (Wildman–Crippen LogP) is 5.66. The van der Waals surface area contributed by atoms with Gasteiger partial charge in [0, 0.05) is 52.4 Å². The summed E-state index contributed by atoms with van der Waals surface area (Å²) in [5.41, 5.74) is 6.96. The molecule has 5 nitrogen and oxygen atoms in total. The molecule has 5 heteroatoms. The van der Waals surface area contributed by atoms with Crippen molar-refractivity contribution in [3.8, 4) is 11.1 Å². The van der Waals surface area contributed by atoms with Gasteiger partial charge in [-0.25, -0.2) is 4.98 Å². The molecule has 0 spiro atoms. The highest BCUT2D eigenvalue weighted by Gasteiger charge is 2.25. The van der Waals surface area contributed by atoms with Gasteiger partial charge in [-0.3, -0.25) is 9.97 Å². The molecule has 3 aromatic heterocycles. The lowest BCUT2D eigenvalue weighted by molar-refractivity contribution is 0.999. The van der Waals surface area contributed by atoms with Crippen LogP contribution >= 0.6 is 0 Å². The number of pyridine rings is 3. The number of allylic oxidation sites excluding steroid dienone is 2. The lowest BCUT2D eigenvalue weighted by atomic mass is 10.1. The third kappa shape index (κ3) is 4.51. The van der Waals surface area contributed by atoms with Crippen LogP contribution in [0.3, 0.4) is 0 Å². The zero-order valence-electron chi connectivity index (χ0n) is 16.8. The molecule has 1 saturated carbocycles. The van der Waals surface area contributed by atoms with Crippen molar-refractivity contribution < 1.29 is 0 Å². The molecule has 29 heavy (non-hydrogen) atoms. The van der Waals surface area contributed by atoms with E-state index >= 15 is 0 Å². The van der Waals surface area contributed by atoms with E-state index in [0.717, 1.165) is 39.6 Å². The maximum Gasteiger partial charge on any atom is 0.130 e. The van der Waals surface area contributed by atoms with Crippen LogP contribution < -0.4 is 10.6 Å². The largest absolute Gasteiger partial charge is 0.354 e. The Labute approximate surface area is 171 Å². The van der Waals surface area contributed by atoms with Gasteiger partial charge in [0.15, 0.2) is 0 Å². The highest BCUT2D eigenvalue weighted by atomic mass is 15.0. The lowest BCUT2D eigenvalue weighted by Gasteiger charge is -2.15. The summed E-state index contributed by atoms with van der Waals surface area (Å²) in [4.78, 5) is 13.1. The van der Waals surface area contributed by atoms with Crippen LogP contribution in [0.2, 0.25) is 0 Å². The topological polar surface area (TPSA) is 62.7 Å². The van der Waals surface area contributed by atoms with Crippen molar-refractivity contribution in [1.29, 1.82) is 0 Å². The number of hydrogen-bond acceptors (Lipinski definition) is 5. The fourth-order valence-electron chi connectivity index (χ4n) is 3.25. The summed E-state index contributed by atoms with van der Waals surface area (Å²) in [5, 5.41) is 6.87. The SMILES string of the molecule is C=C(Nc1cnccc1-c1ccc(C)nc1)c1ccnc(N/C(=C\C)C2CC2)c1. The molecule has 1 aliphatic carbocycles. The molecule has 0 aromatic carbocycles. The molecule has 2 N–H and O–H groups in total. The zero-order chi connectivity index (χ0) is 20.2. The first-order valence-electron chi connectivity index (χ1n) is 9.86. The maximum absolute atomic E-state index is 4.46. The van der Waals surface area contributed by atoms with Crippen LogP contribution in [0.4, 0.5) is 11.5 Å². The molecule has 0 saturated heterocycles. The van der Waals surface area contributed by atoms with Crippen molar-refractivity contribution in [2.45, 2.75) is 26.7 Å². The Morgan fingerprint density at radius 2 is 1.93 bits per heavy atom. The van der Waals surface area contributed by atoms with Gasteiger partial charge in [0.25, 0.3) is 0 Å². The normalized spacial score (nSPS) is 13.8. The first-order valence-corrected chi connectivity index (χ1v) is 9.86. The van der Waals surface area contributed by atoms with E-state index in [4.69, 9.17) is 0 Å². The summed E-state index contributed by atoms with van der Waals surface area (Å²) in [6.07, 6.45) is 11.9. The minimum absolute atomic E-state index is 0.646. The molecular formula is C24H25N5. The Kier molecular flexibility index (Phi) is 5.38. The summed E-state index contributed by atoms with van der Waals surface area (Å²) in [5.74, 6) is 1.48. The van der Waals surface area contributed by atoms with E-state index in [-0.39, 0.29) is 0 Å². The minimum atomic E-state index is 0.646. The summed E-state index contributed by atoms with van der Waals surface area (Å²) in [6, 6.07) is 10.0. The van der Waals surface area contributed by atoms with Crippen LogP contribution in [0.1, 0.15) is 31.0 Å². The number of anilines is 2. The van der Waals surface area contributed by atoms with E-state index in [2.05, 4.69) is 51.2 Å². The molecule has 0 amide bonds. The Morgan fingerprint density at radius 1 is 1.07 bits per heavy atom. The van der Waals surface area contributed by atoms with E-state index in [1.54, 1.807) is 12.4 Å². The molecule has 0 aliphatic heterocycles. The third-order valence-electron chi connectivity index (χ3n) is 5.04. The fraction of sp³-hybridized carbons (Fsp3) is 0.208. The van der Waals surface area contributed by atoms with Crippen molar-refractivity contribution >= 4 is 17.2 Å². The van der Waals surface area contributed by atoms with Crippen molar-refractivity contribution in [2.75, 3.05) is 10.6 Å². The van der Waals surface area contributed by atoms with Gasteiger partial charge in [-0.2, -0.15) is 0 Å². The van der Waals surface area contributed by atoms with Crippen LogP contribution in [0.25, 0.3) is 16.8 Å². The zero-order valence-corrected chi connectivity index (χ0v) is 16.8. The highest BCUT2D eigenvalue weighted by molar-refractivity contribution is 5.85. The number of nitrogens with zero attached hydrogens (tertiary/aromatic N) is 3. The lowest BCUT2D eigenvalue weighted by Crippen LogP contribution is -2.05. The first-order chi connectivity index (χ1) is 14.1. The summed E-state index contributed by atoms with van der Waals surface area (Å²) < 4.78 is 0. The second kappa shape index (κ2) is 8.27. The molecule has 146 valence electrons. The van der Waals surface area contributed by atoms with Gasteiger partial charge < -0.3 is 10.6 Å². The van der Waals surface area contributed by atoms with Crippen LogP contribution in [-0.2, 0) is 0 Å². The molecule has 0 atom stereocenters. The Bertz CT molecular complexity index is 1050.